The maximum absolute atomic E-state index is 13.0. The molecule has 0 aliphatic carbocycles. The molecule has 0 radical (unpaired) electrons. The van der Waals surface area contributed by atoms with Crippen LogP contribution in [0.15, 0.2) is 48.5 Å². The maximum Gasteiger partial charge on any atom is 0.227 e. The Kier molecular flexibility index (Phi) is 4.99. The van der Waals surface area contributed by atoms with Gasteiger partial charge in [0.1, 0.15) is 11.6 Å². The average Bonchev–Trinajstić information content (AvgIpc) is 2.70. The van der Waals surface area contributed by atoms with Crippen LogP contribution in [0, 0.1) is 19.7 Å². The molecule has 0 N–H and O–H groups in total. The molecule has 0 saturated carbocycles. The first-order valence-corrected chi connectivity index (χ1v) is 9.65. The van der Waals surface area contributed by atoms with Gasteiger partial charge < -0.3 is 9.80 Å². The van der Waals surface area contributed by atoms with Gasteiger partial charge in [0, 0.05) is 31.6 Å². The fourth-order valence-electron chi connectivity index (χ4n) is 3.78. The van der Waals surface area contributed by atoms with Crippen molar-refractivity contribution >= 4 is 22.6 Å². The lowest BCUT2D eigenvalue weighted by atomic mass is 10.1. The van der Waals surface area contributed by atoms with Gasteiger partial charge in [-0.15, -0.1) is 0 Å². The number of anilines is 1. The summed E-state index contributed by atoms with van der Waals surface area (Å²) in [6.45, 7) is 7.08. The SMILES string of the molecule is Cc1cc(N2CCN(C(=O)Cc3ccc(F)cc3)CC2)nc2c(C)cccc12. The van der Waals surface area contributed by atoms with Crippen molar-refractivity contribution in [3.63, 3.8) is 0 Å². The van der Waals surface area contributed by atoms with Crippen LogP contribution in [-0.2, 0) is 11.2 Å². The molecule has 4 nitrogen and oxygen atoms in total. The van der Waals surface area contributed by atoms with Crippen molar-refractivity contribution in [2.45, 2.75) is 20.3 Å². The number of carbonyl (C=O) groups excluding carboxylic acids is 1. The third-order valence-corrected chi connectivity index (χ3v) is 5.46. The third kappa shape index (κ3) is 3.70. The molecule has 4 rings (SSSR count). The molecule has 1 aliphatic heterocycles. The molecule has 3 aromatic rings. The molecule has 1 amide bonds. The van der Waals surface area contributed by atoms with E-state index in [1.165, 1.54) is 28.6 Å². The van der Waals surface area contributed by atoms with Gasteiger partial charge in [0.25, 0.3) is 0 Å². The Morgan fingerprint density at radius 2 is 1.71 bits per heavy atom. The predicted octanol–water partition coefficient (Wildman–Crippen LogP) is 3.88. The van der Waals surface area contributed by atoms with E-state index in [-0.39, 0.29) is 11.7 Å². The van der Waals surface area contributed by atoms with E-state index in [0.717, 1.165) is 30.0 Å². The molecule has 144 valence electrons. The minimum absolute atomic E-state index is 0.0877. The van der Waals surface area contributed by atoms with E-state index in [1.54, 1.807) is 12.1 Å². The minimum Gasteiger partial charge on any atom is -0.353 e. The van der Waals surface area contributed by atoms with Crippen molar-refractivity contribution in [2.75, 3.05) is 31.1 Å². The molecule has 1 aliphatic rings. The molecule has 0 spiro atoms. The highest BCUT2D eigenvalue weighted by atomic mass is 19.1. The lowest BCUT2D eigenvalue weighted by Crippen LogP contribution is -2.49. The molecule has 5 heteroatoms. The summed E-state index contributed by atoms with van der Waals surface area (Å²) in [6, 6.07) is 14.5. The third-order valence-electron chi connectivity index (χ3n) is 5.46. The number of carbonyl (C=O) groups is 1. The first kappa shape index (κ1) is 18.4. The number of nitrogens with zero attached hydrogens (tertiary/aromatic N) is 3. The molecule has 0 atom stereocenters. The largest absolute Gasteiger partial charge is 0.353 e. The number of benzene rings is 2. The highest BCUT2D eigenvalue weighted by Crippen LogP contribution is 2.25. The Balaban J connectivity index is 1.44. The Morgan fingerprint density at radius 3 is 2.43 bits per heavy atom. The minimum atomic E-state index is -0.279. The fraction of sp³-hybridized carbons (Fsp3) is 0.304. The summed E-state index contributed by atoms with van der Waals surface area (Å²) in [5.41, 5.74) is 4.29. The van der Waals surface area contributed by atoms with E-state index in [0.29, 0.717) is 19.5 Å². The monoisotopic (exact) mass is 377 g/mol. The normalized spacial score (nSPS) is 14.5. The maximum atomic E-state index is 13.0. The number of amides is 1. The Morgan fingerprint density at radius 1 is 1.00 bits per heavy atom. The van der Waals surface area contributed by atoms with Crippen molar-refractivity contribution in [2.24, 2.45) is 0 Å². The first-order valence-electron chi connectivity index (χ1n) is 9.65. The summed E-state index contributed by atoms with van der Waals surface area (Å²) in [7, 11) is 0. The number of aryl methyl sites for hydroxylation is 2. The van der Waals surface area contributed by atoms with Gasteiger partial charge in [-0.3, -0.25) is 4.79 Å². The van der Waals surface area contributed by atoms with Gasteiger partial charge in [0.2, 0.25) is 5.91 Å². The molecule has 1 saturated heterocycles. The van der Waals surface area contributed by atoms with E-state index in [2.05, 4.69) is 43.0 Å². The second kappa shape index (κ2) is 7.58. The van der Waals surface area contributed by atoms with Crippen molar-refractivity contribution in [1.82, 2.24) is 9.88 Å². The molecular weight excluding hydrogens is 353 g/mol. The number of fused-ring (bicyclic) bond motifs is 1. The van der Waals surface area contributed by atoms with Gasteiger partial charge in [-0.25, -0.2) is 9.37 Å². The van der Waals surface area contributed by atoms with Crippen LogP contribution in [0.25, 0.3) is 10.9 Å². The van der Waals surface area contributed by atoms with Gasteiger partial charge >= 0.3 is 0 Å². The zero-order chi connectivity index (χ0) is 19.7. The summed E-state index contributed by atoms with van der Waals surface area (Å²) in [5, 5.41) is 1.19. The number of para-hydroxylation sites is 1. The molecule has 2 aromatic carbocycles. The lowest BCUT2D eigenvalue weighted by molar-refractivity contribution is -0.130. The average molecular weight is 377 g/mol. The summed E-state index contributed by atoms with van der Waals surface area (Å²) in [5.74, 6) is 0.785. The van der Waals surface area contributed by atoms with Crippen molar-refractivity contribution in [3.05, 3.63) is 71.0 Å². The highest BCUT2D eigenvalue weighted by molar-refractivity contribution is 5.86. The van der Waals surface area contributed by atoms with E-state index in [4.69, 9.17) is 4.98 Å². The fourth-order valence-corrected chi connectivity index (χ4v) is 3.78. The van der Waals surface area contributed by atoms with Crippen molar-refractivity contribution in [3.8, 4) is 0 Å². The quantitative estimate of drug-likeness (QED) is 0.695. The molecule has 0 unspecified atom stereocenters. The molecule has 0 bridgehead atoms. The number of aromatic nitrogens is 1. The van der Waals surface area contributed by atoms with Crippen LogP contribution in [0.5, 0.6) is 0 Å². The van der Waals surface area contributed by atoms with E-state index in [9.17, 15) is 9.18 Å². The zero-order valence-corrected chi connectivity index (χ0v) is 16.3. The van der Waals surface area contributed by atoms with Gasteiger partial charge in [0.05, 0.1) is 11.9 Å². The standard InChI is InChI=1S/C23H24FN3O/c1-16-4-3-5-20-17(2)14-21(25-23(16)20)26-10-12-27(13-11-26)22(28)15-18-6-8-19(24)9-7-18/h3-9,14H,10-13,15H2,1-2H3. The van der Waals surface area contributed by atoms with Crippen LogP contribution in [0.4, 0.5) is 10.2 Å². The molecule has 1 aromatic heterocycles. The van der Waals surface area contributed by atoms with Gasteiger partial charge in [-0.1, -0.05) is 30.3 Å². The van der Waals surface area contributed by atoms with Crippen LogP contribution in [0.1, 0.15) is 16.7 Å². The number of hydrogen-bond donors (Lipinski definition) is 0. The van der Waals surface area contributed by atoms with Gasteiger partial charge in [-0.2, -0.15) is 0 Å². The van der Waals surface area contributed by atoms with Crippen LogP contribution < -0.4 is 4.90 Å². The Hall–Kier alpha value is -2.95. The summed E-state index contributed by atoms with van der Waals surface area (Å²) in [4.78, 5) is 21.6. The van der Waals surface area contributed by atoms with E-state index in [1.807, 2.05) is 4.90 Å². The molecule has 2 heterocycles. The molecule has 28 heavy (non-hydrogen) atoms. The zero-order valence-electron chi connectivity index (χ0n) is 16.3. The summed E-state index contributed by atoms with van der Waals surface area (Å²) in [6.07, 6.45) is 0.312. The van der Waals surface area contributed by atoms with Crippen molar-refractivity contribution in [1.29, 1.82) is 0 Å². The van der Waals surface area contributed by atoms with Gasteiger partial charge in [-0.05, 0) is 48.7 Å². The second-order valence-corrected chi connectivity index (χ2v) is 7.44. The van der Waals surface area contributed by atoms with Crippen molar-refractivity contribution < 1.29 is 9.18 Å². The van der Waals surface area contributed by atoms with Crippen LogP contribution in [-0.4, -0.2) is 42.0 Å². The number of hydrogen-bond acceptors (Lipinski definition) is 3. The number of piperazine rings is 1. The highest BCUT2D eigenvalue weighted by Gasteiger charge is 2.22. The Bertz CT molecular complexity index is 1010. The van der Waals surface area contributed by atoms with E-state index < -0.39 is 0 Å². The smallest absolute Gasteiger partial charge is 0.227 e. The van der Waals surface area contributed by atoms with Crippen LogP contribution in [0.2, 0.25) is 0 Å². The van der Waals surface area contributed by atoms with E-state index >= 15 is 0 Å². The molecular formula is C23H24FN3O. The lowest BCUT2D eigenvalue weighted by Gasteiger charge is -2.35. The number of rotatable bonds is 3. The predicted molar refractivity (Wildman–Crippen MR) is 110 cm³/mol. The number of pyridine rings is 1. The topological polar surface area (TPSA) is 36.4 Å². The van der Waals surface area contributed by atoms with Gasteiger partial charge in [0.15, 0.2) is 0 Å². The summed E-state index contributed by atoms with van der Waals surface area (Å²) < 4.78 is 13.0. The second-order valence-electron chi connectivity index (χ2n) is 7.44. The molecule has 1 fully saturated rings. The van der Waals surface area contributed by atoms with Crippen LogP contribution in [0.3, 0.4) is 0 Å². The Labute approximate surface area is 164 Å². The van der Waals surface area contributed by atoms with Crippen LogP contribution >= 0.6 is 0 Å². The summed E-state index contributed by atoms with van der Waals surface area (Å²) >= 11 is 0. The first-order chi connectivity index (χ1) is 13.5. The number of halogens is 1.